The number of hydrogen-bond acceptors (Lipinski definition) is 6. The van der Waals surface area contributed by atoms with Crippen LogP contribution in [0.4, 0.5) is 9.59 Å². The third kappa shape index (κ3) is 15.0. The highest BCUT2D eigenvalue weighted by Gasteiger charge is 2.05. The number of carbonyl (C=O) groups excluding carboxylic acids is 4. The van der Waals surface area contributed by atoms with Crippen molar-refractivity contribution in [3.63, 3.8) is 0 Å². The third-order valence-electron chi connectivity index (χ3n) is 3.07. The van der Waals surface area contributed by atoms with Gasteiger partial charge in [-0.1, -0.05) is 12.8 Å². The molecule has 0 aliphatic rings. The van der Waals surface area contributed by atoms with E-state index in [1.807, 2.05) is 0 Å². The number of urea groups is 2. The van der Waals surface area contributed by atoms with Crippen LogP contribution in [0.25, 0.3) is 0 Å². The number of nitrogens with one attached hydrogen (secondary N) is 4. The second-order valence-electron chi connectivity index (χ2n) is 5.24. The Bertz CT molecular complexity index is 404. The molecule has 0 atom stereocenters. The fourth-order valence-corrected chi connectivity index (χ4v) is 1.86. The number of unbranched alkanes of at least 4 members (excludes halogenated alkanes) is 3. The van der Waals surface area contributed by atoms with Crippen molar-refractivity contribution in [2.45, 2.75) is 39.5 Å². The minimum absolute atomic E-state index is 0.149. The molecular weight excluding hydrogens is 344 g/mol. The largest absolute Gasteiger partial charge is 0.465 e. The van der Waals surface area contributed by atoms with Gasteiger partial charge in [0.05, 0.1) is 13.2 Å². The number of hydrogen-bond donors (Lipinski definition) is 4. The minimum atomic E-state index is -0.471. The molecule has 0 saturated heterocycles. The molecule has 0 heterocycles. The quantitative estimate of drug-likeness (QED) is 0.270. The molecule has 4 amide bonds. The molecule has 0 bridgehead atoms. The van der Waals surface area contributed by atoms with Gasteiger partial charge in [0, 0.05) is 13.1 Å². The van der Waals surface area contributed by atoms with E-state index in [1.165, 1.54) is 0 Å². The Kier molecular flexibility index (Phi) is 14.4. The Morgan fingerprint density at radius 1 is 0.615 bits per heavy atom. The number of amides is 4. The van der Waals surface area contributed by atoms with Crippen LogP contribution in [0, 0.1) is 0 Å². The minimum Gasteiger partial charge on any atom is -0.465 e. The van der Waals surface area contributed by atoms with Crippen LogP contribution in [-0.4, -0.2) is 63.4 Å². The monoisotopic (exact) mass is 374 g/mol. The van der Waals surface area contributed by atoms with E-state index in [0.717, 1.165) is 25.7 Å². The molecule has 0 aromatic rings. The summed E-state index contributed by atoms with van der Waals surface area (Å²) in [5.41, 5.74) is 0. The van der Waals surface area contributed by atoms with Gasteiger partial charge in [0.1, 0.15) is 13.1 Å². The summed E-state index contributed by atoms with van der Waals surface area (Å²) in [6.45, 7) is 4.66. The van der Waals surface area contributed by atoms with Crippen molar-refractivity contribution in [2.75, 3.05) is 39.4 Å². The Balaban J connectivity index is 3.42. The molecule has 10 heteroatoms. The van der Waals surface area contributed by atoms with Crippen LogP contribution in [0.3, 0.4) is 0 Å². The topological polar surface area (TPSA) is 135 Å². The molecule has 150 valence electrons. The van der Waals surface area contributed by atoms with E-state index in [9.17, 15) is 19.2 Å². The van der Waals surface area contributed by atoms with Gasteiger partial charge in [0.25, 0.3) is 0 Å². The van der Waals surface area contributed by atoms with E-state index in [0.29, 0.717) is 13.1 Å². The maximum absolute atomic E-state index is 11.4. The molecule has 0 aromatic heterocycles. The predicted molar refractivity (Wildman–Crippen MR) is 94.5 cm³/mol. The Morgan fingerprint density at radius 2 is 1.00 bits per heavy atom. The summed E-state index contributed by atoms with van der Waals surface area (Å²) in [7, 11) is 0. The summed E-state index contributed by atoms with van der Waals surface area (Å²) < 4.78 is 9.38. The number of ether oxygens (including phenoxy) is 2. The van der Waals surface area contributed by atoms with E-state index < -0.39 is 24.0 Å². The van der Waals surface area contributed by atoms with Crippen LogP contribution in [0.15, 0.2) is 0 Å². The molecule has 0 unspecified atom stereocenters. The highest BCUT2D eigenvalue weighted by molar-refractivity contribution is 5.81. The van der Waals surface area contributed by atoms with Gasteiger partial charge in [-0.25, -0.2) is 9.59 Å². The fourth-order valence-electron chi connectivity index (χ4n) is 1.86. The lowest BCUT2D eigenvalue weighted by molar-refractivity contribution is -0.142. The average Bonchev–Trinajstić information content (AvgIpc) is 2.61. The van der Waals surface area contributed by atoms with Crippen LogP contribution in [0.2, 0.25) is 0 Å². The van der Waals surface area contributed by atoms with Gasteiger partial charge < -0.3 is 30.7 Å². The molecule has 0 fully saturated rings. The van der Waals surface area contributed by atoms with Gasteiger partial charge in [-0.05, 0) is 26.7 Å². The zero-order chi connectivity index (χ0) is 19.6. The highest BCUT2D eigenvalue weighted by Crippen LogP contribution is 1.97. The standard InChI is InChI=1S/C16H30N4O6/c1-3-25-13(21)11-19-15(23)17-9-7-5-6-8-10-18-16(24)20-12-14(22)26-4-2/h3-12H2,1-2H3,(H2,17,19,23)(H2,18,20,24). The molecule has 0 saturated carbocycles. The first-order valence-electron chi connectivity index (χ1n) is 8.84. The molecule has 4 N–H and O–H groups in total. The Hall–Kier alpha value is -2.52. The van der Waals surface area contributed by atoms with Crippen molar-refractivity contribution in [2.24, 2.45) is 0 Å². The third-order valence-corrected chi connectivity index (χ3v) is 3.07. The molecule has 0 aliphatic heterocycles. The first-order chi connectivity index (χ1) is 12.5. The van der Waals surface area contributed by atoms with Gasteiger partial charge in [-0.3, -0.25) is 9.59 Å². The number of rotatable bonds is 13. The van der Waals surface area contributed by atoms with Crippen LogP contribution < -0.4 is 21.3 Å². The van der Waals surface area contributed by atoms with E-state index in [1.54, 1.807) is 13.8 Å². The van der Waals surface area contributed by atoms with Gasteiger partial charge in [-0.2, -0.15) is 0 Å². The van der Waals surface area contributed by atoms with Crippen molar-refractivity contribution in [1.82, 2.24) is 21.3 Å². The van der Waals surface area contributed by atoms with Gasteiger partial charge in [0.2, 0.25) is 0 Å². The SMILES string of the molecule is CCOC(=O)CNC(=O)NCCCCCCNC(=O)NCC(=O)OCC. The molecule has 0 radical (unpaired) electrons. The molecule has 0 spiro atoms. The molecular formula is C16H30N4O6. The Morgan fingerprint density at radius 3 is 1.35 bits per heavy atom. The van der Waals surface area contributed by atoms with Crippen LogP contribution >= 0.6 is 0 Å². The predicted octanol–water partition coefficient (Wildman–Crippen LogP) is 0.271. The molecule has 0 aromatic carbocycles. The molecule has 10 nitrogen and oxygen atoms in total. The maximum Gasteiger partial charge on any atom is 0.325 e. The summed E-state index contributed by atoms with van der Waals surface area (Å²) in [5, 5.41) is 10.1. The normalized spacial score (nSPS) is 9.77. The summed E-state index contributed by atoms with van der Waals surface area (Å²) in [6, 6.07) is -0.809. The Labute approximate surface area is 153 Å². The summed E-state index contributed by atoms with van der Waals surface area (Å²) in [5.74, 6) is -0.942. The lowest BCUT2D eigenvalue weighted by Crippen LogP contribution is -2.39. The first kappa shape index (κ1) is 23.5. The fraction of sp³-hybridized carbons (Fsp3) is 0.750. The van der Waals surface area contributed by atoms with Crippen molar-refractivity contribution in [3.8, 4) is 0 Å². The first-order valence-corrected chi connectivity index (χ1v) is 8.84. The van der Waals surface area contributed by atoms with Crippen LogP contribution in [0.1, 0.15) is 39.5 Å². The summed E-state index contributed by atoms with van der Waals surface area (Å²) in [4.78, 5) is 44.9. The zero-order valence-electron chi connectivity index (χ0n) is 15.5. The molecule has 0 rings (SSSR count). The van der Waals surface area contributed by atoms with Crippen molar-refractivity contribution < 1.29 is 28.7 Å². The van der Waals surface area contributed by atoms with Crippen molar-refractivity contribution in [3.05, 3.63) is 0 Å². The summed E-state index contributed by atoms with van der Waals surface area (Å²) in [6.07, 6.45) is 3.37. The van der Waals surface area contributed by atoms with Gasteiger partial charge >= 0.3 is 24.0 Å². The van der Waals surface area contributed by atoms with Crippen LogP contribution in [-0.2, 0) is 19.1 Å². The summed E-state index contributed by atoms with van der Waals surface area (Å²) >= 11 is 0. The van der Waals surface area contributed by atoms with E-state index >= 15 is 0 Å². The molecule has 26 heavy (non-hydrogen) atoms. The van der Waals surface area contributed by atoms with Gasteiger partial charge in [-0.15, -0.1) is 0 Å². The second kappa shape index (κ2) is 16.0. The smallest absolute Gasteiger partial charge is 0.325 e. The van der Waals surface area contributed by atoms with E-state index in [-0.39, 0.29) is 26.3 Å². The van der Waals surface area contributed by atoms with E-state index in [2.05, 4.69) is 30.7 Å². The highest BCUT2D eigenvalue weighted by atomic mass is 16.5. The maximum atomic E-state index is 11.4. The zero-order valence-corrected chi connectivity index (χ0v) is 15.5. The van der Waals surface area contributed by atoms with Crippen LogP contribution in [0.5, 0.6) is 0 Å². The lowest BCUT2D eigenvalue weighted by atomic mass is 10.2. The van der Waals surface area contributed by atoms with Crippen molar-refractivity contribution >= 4 is 24.0 Å². The number of carbonyl (C=O) groups is 4. The second-order valence-corrected chi connectivity index (χ2v) is 5.24. The van der Waals surface area contributed by atoms with E-state index in [4.69, 9.17) is 0 Å². The average molecular weight is 374 g/mol. The van der Waals surface area contributed by atoms with Crippen molar-refractivity contribution in [1.29, 1.82) is 0 Å². The lowest BCUT2D eigenvalue weighted by Gasteiger charge is -2.08. The van der Waals surface area contributed by atoms with Gasteiger partial charge in [0.15, 0.2) is 0 Å². The molecule has 0 aliphatic carbocycles. The number of esters is 2.